The van der Waals surface area contributed by atoms with Gasteiger partial charge in [0.05, 0.1) is 4.90 Å². The van der Waals surface area contributed by atoms with Crippen LogP contribution in [-0.2, 0) is 9.84 Å². The van der Waals surface area contributed by atoms with E-state index < -0.39 is 20.9 Å². The van der Waals surface area contributed by atoms with Gasteiger partial charge in [0.2, 0.25) is 0 Å². The Morgan fingerprint density at radius 3 is 1.70 bits per heavy atom. The predicted molar refractivity (Wildman–Crippen MR) is 108 cm³/mol. The second-order valence-electron chi connectivity index (χ2n) is 6.25. The molecule has 136 valence electrons. The highest BCUT2D eigenvalue weighted by atomic mass is 32.2. The Morgan fingerprint density at radius 2 is 1.19 bits per heavy atom. The van der Waals surface area contributed by atoms with E-state index in [1.165, 1.54) is 12.1 Å². The van der Waals surface area contributed by atoms with Crippen molar-refractivity contribution in [3.05, 3.63) is 109 Å². The molecule has 0 aliphatic carbocycles. The normalized spacial score (nSPS) is 12.3. The topological polar surface area (TPSA) is 51.2 Å². The smallest absolute Gasteiger partial charge is 0.189 e. The largest absolute Gasteiger partial charge is 0.293 e. The van der Waals surface area contributed by atoms with Gasteiger partial charge in [0.25, 0.3) is 0 Å². The van der Waals surface area contributed by atoms with E-state index in [0.29, 0.717) is 11.1 Å². The minimum atomic E-state index is -3.86. The third-order valence-electron chi connectivity index (χ3n) is 4.41. The number of hydrogen-bond acceptors (Lipinski definition) is 3. The summed E-state index contributed by atoms with van der Waals surface area (Å²) >= 11 is 0. The Labute approximate surface area is 159 Å². The summed E-state index contributed by atoms with van der Waals surface area (Å²) in [6.45, 7) is 4.03. The van der Waals surface area contributed by atoms with Gasteiger partial charge in [-0.15, -0.1) is 0 Å². The minimum absolute atomic E-state index is 0.0367. The maximum atomic E-state index is 13.3. The zero-order valence-electron chi connectivity index (χ0n) is 14.8. The molecular formula is C23H20O3S. The van der Waals surface area contributed by atoms with Crippen molar-refractivity contribution in [2.45, 2.75) is 16.6 Å². The van der Waals surface area contributed by atoms with Gasteiger partial charge < -0.3 is 0 Å². The minimum Gasteiger partial charge on any atom is -0.293 e. The van der Waals surface area contributed by atoms with E-state index in [9.17, 15) is 13.2 Å². The Bertz CT molecular complexity index is 1020. The first-order chi connectivity index (χ1) is 13.0. The monoisotopic (exact) mass is 376 g/mol. The highest BCUT2D eigenvalue weighted by Gasteiger charge is 2.35. The van der Waals surface area contributed by atoms with Crippen LogP contribution in [0.2, 0.25) is 0 Å². The van der Waals surface area contributed by atoms with Crippen molar-refractivity contribution in [2.24, 2.45) is 0 Å². The maximum Gasteiger partial charge on any atom is 0.189 e. The molecule has 0 amide bonds. The first kappa shape index (κ1) is 18.8. The van der Waals surface area contributed by atoms with Gasteiger partial charge in [-0.25, -0.2) is 8.42 Å². The van der Waals surface area contributed by atoms with Crippen molar-refractivity contribution < 1.29 is 13.2 Å². The van der Waals surface area contributed by atoms with E-state index in [2.05, 4.69) is 6.58 Å². The van der Waals surface area contributed by atoms with Crippen molar-refractivity contribution in [3.63, 3.8) is 0 Å². The second kappa shape index (κ2) is 8.14. The quantitative estimate of drug-likeness (QED) is 0.556. The molecule has 0 heterocycles. The lowest BCUT2D eigenvalue weighted by atomic mass is 9.98. The van der Waals surface area contributed by atoms with Gasteiger partial charge >= 0.3 is 0 Å². The van der Waals surface area contributed by atoms with Gasteiger partial charge in [-0.3, -0.25) is 4.79 Å². The predicted octanol–water partition coefficient (Wildman–Crippen LogP) is 4.82. The fourth-order valence-electron chi connectivity index (χ4n) is 2.92. The number of rotatable bonds is 7. The third-order valence-corrected chi connectivity index (χ3v) is 6.47. The van der Waals surface area contributed by atoms with Crippen LogP contribution in [0.25, 0.3) is 5.57 Å². The van der Waals surface area contributed by atoms with Crippen LogP contribution in [-0.4, -0.2) is 19.5 Å². The molecule has 3 nitrogen and oxygen atoms in total. The Hall–Kier alpha value is -2.98. The van der Waals surface area contributed by atoms with E-state index in [-0.39, 0.29) is 11.3 Å². The van der Waals surface area contributed by atoms with Crippen molar-refractivity contribution in [1.29, 1.82) is 0 Å². The van der Waals surface area contributed by atoms with Gasteiger partial charge in [-0.2, -0.15) is 0 Å². The van der Waals surface area contributed by atoms with Crippen LogP contribution in [0.5, 0.6) is 0 Å². The van der Waals surface area contributed by atoms with Crippen LogP contribution in [0, 0.1) is 0 Å². The van der Waals surface area contributed by atoms with Gasteiger partial charge in [-0.1, -0.05) is 85.4 Å². The molecule has 0 spiro atoms. The number of sulfone groups is 1. The molecule has 0 aliphatic rings. The summed E-state index contributed by atoms with van der Waals surface area (Å²) in [7, 11) is -3.86. The molecule has 27 heavy (non-hydrogen) atoms. The number of ketones is 1. The van der Waals surface area contributed by atoms with E-state index in [4.69, 9.17) is 0 Å². The van der Waals surface area contributed by atoms with Crippen LogP contribution in [0.15, 0.2) is 102 Å². The number of carbonyl (C=O) groups is 1. The van der Waals surface area contributed by atoms with Crippen molar-refractivity contribution in [3.8, 4) is 0 Å². The zero-order chi connectivity index (χ0) is 19.3. The fourth-order valence-corrected chi connectivity index (χ4v) is 4.63. The Balaban J connectivity index is 2.01. The van der Waals surface area contributed by atoms with E-state index in [0.717, 1.165) is 5.56 Å². The number of Topliss-reactive ketones (excluding diaryl/α,β-unsaturated/α-hetero) is 1. The highest BCUT2D eigenvalue weighted by molar-refractivity contribution is 7.92. The molecule has 1 atom stereocenters. The molecule has 1 unspecified atom stereocenters. The number of benzene rings is 3. The molecule has 0 radical (unpaired) electrons. The molecule has 0 N–H and O–H groups in total. The van der Waals surface area contributed by atoms with E-state index in [1.54, 1.807) is 48.5 Å². The summed E-state index contributed by atoms with van der Waals surface area (Å²) in [6, 6.07) is 26.0. The third kappa shape index (κ3) is 4.23. The highest BCUT2D eigenvalue weighted by Crippen LogP contribution is 2.28. The first-order valence-corrected chi connectivity index (χ1v) is 10.2. The summed E-state index contributed by atoms with van der Waals surface area (Å²) in [6.07, 6.45) is 0.0367. The fraction of sp³-hybridized carbons (Fsp3) is 0.0870. The zero-order valence-corrected chi connectivity index (χ0v) is 15.6. The molecule has 3 rings (SSSR count). The SMILES string of the molecule is C=C(CC(C(=O)c1ccccc1)S(=O)(=O)c1ccccc1)c1ccccc1. The van der Waals surface area contributed by atoms with Gasteiger partial charge in [0, 0.05) is 5.56 Å². The van der Waals surface area contributed by atoms with E-state index in [1.807, 2.05) is 30.3 Å². The molecule has 0 bridgehead atoms. The molecule has 0 aromatic heterocycles. The van der Waals surface area contributed by atoms with Crippen LogP contribution >= 0.6 is 0 Å². The van der Waals surface area contributed by atoms with Gasteiger partial charge in [0.15, 0.2) is 15.6 Å². The number of allylic oxidation sites excluding steroid dienone is 1. The average molecular weight is 376 g/mol. The second-order valence-corrected chi connectivity index (χ2v) is 8.38. The van der Waals surface area contributed by atoms with Crippen molar-refractivity contribution in [1.82, 2.24) is 0 Å². The van der Waals surface area contributed by atoms with Crippen LogP contribution < -0.4 is 0 Å². The summed E-state index contributed by atoms with van der Waals surface area (Å²) in [5.41, 5.74) is 1.82. The summed E-state index contributed by atoms with van der Waals surface area (Å²) in [4.78, 5) is 13.3. The summed E-state index contributed by atoms with van der Waals surface area (Å²) in [5.74, 6) is -0.420. The Kier molecular flexibility index (Phi) is 5.67. The molecule has 0 aliphatic heterocycles. The van der Waals surface area contributed by atoms with Crippen LogP contribution in [0.1, 0.15) is 22.3 Å². The molecule has 0 saturated heterocycles. The Morgan fingerprint density at radius 1 is 0.741 bits per heavy atom. The lowest BCUT2D eigenvalue weighted by Crippen LogP contribution is -2.31. The molecule has 3 aromatic rings. The van der Waals surface area contributed by atoms with Crippen LogP contribution in [0.4, 0.5) is 0 Å². The summed E-state index contributed by atoms with van der Waals surface area (Å²) in [5, 5.41) is -1.23. The molecular weight excluding hydrogens is 356 g/mol. The number of carbonyl (C=O) groups excluding carboxylic acids is 1. The van der Waals surface area contributed by atoms with Crippen molar-refractivity contribution >= 4 is 21.2 Å². The lowest BCUT2D eigenvalue weighted by Gasteiger charge is -2.18. The summed E-state index contributed by atoms with van der Waals surface area (Å²) < 4.78 is 26.5. The molecule has 0 saturated carbocycles. The van der Waals surface area contributed by atoms with E-state index >= 15 is 0 Å². The van der Waals surface area contributed by atoms with Gasteiger partial charge in [0.1, 0.15) is 5.25 Å². The lowest BCUT2D eigenvalue weighted by molar-refractivity contribution is 0.0987. The standard InChI is InChI=1S/C23H20O3S/c1-18(19-11-5-2-6-12-19)17-22(23(24)20-13-7-3-8-14-20)27(25,26)21-15-9-4-10-16-21/h2-16,22H,1,17H2. The van der Waals surface area contributed by atoms with Gasteiger partial charge in [-0.05, 0) is 29.7 Å². The van der Waals surface area contributed by atoms with Crippen LogP contribution in [0.3, 0.4) is 0 Å². The molecule has 3 aromatic carbocycles. The molecule has 4 heteroatoms. The van der Waals surface area contributed by atoms with Crippen molar-refractivity contribution in [2.75, 3.05) is 0 Å². The first-order valence-electron chi connectivity index (χ1n) is 8.61. The molecule has 0 fully saturated rings. The maximum absolute atomic E-state index is 13.3. The number of hydrogen-bond donors (Lipinski definition) is 0. The average Bonchev–Trinajstić information content (AvgIpc) is 2.73.